The molecule has 0 aliphatic carbocycles. The standard InChI is InChI=1S/C55H48O4P2.2ClH.Pd/c1-53(2)56-51(54(43-27-11-3-12-28-43,44-29-13-4-14-30-44)58-60(47-35-19-7-20-36-47)48-37-21-8-22-38-48)52(57-53)55(45-31-15-5-16-32-45,46-33-17-6-18-34-46)59-61(49-39-23-9-24-40-49)50-41-25-10-26-42-50;;;/h3-42,51-52H,1-2H3;2*1H;/q;;;+2/p-2/t51-,52-;;;/m1.../s1. The van der Waals surface area contributed by atoms with Crippen LogP contribution in [0.3, 0.4) is 0 Å². The van der Waals surface area contributed by atoms with Crippen LogP contribution in [-0.2, 0) is 45.7 Å². The molecule has 64 heavy (non-hydrogen) atoms. The molecule has 0 N–H and O–H groups in total. The molecular weight excluding hydrogens is 964 g/mol. The van der Waals surface area contributed by atoms with E-state index in [1.807, 2.05) is 13.8 Å². The molecule has 1 heterocycles. The van der Waals surface area contributed by atoms with Crippen LogP contribution in [0.5, 0.6) is 0 Å². The first-order valence-electron chi connectivity index (χ1n) is 21.0. The molecule has 0 spiro atoms. The predicted molar refractivity (Wildman–Crippen MR) is 263 cm³/mol. The van der Waals surface area contributed by atoms with Gasteiger partial charge in [0.25, 0.3) is 0 Å². The Hall–Kier alpha value is -4.30. The van der Waals surface area contributed by atoms with Crippen molar-refractivity contribution in [2.75, 3.05) is 0 Å². The molecule has 0 saturated carbocycles. The van der Waals surface area contributed by atoms with Gasteiger partial charge in [-0.25, -0.2) is 0 Å². The van der Waals surface area contributed by atoms with Crippen LogP contribution in [0.1, 0.15) is 36.1 Å². The minimum absolute atomic E-state index is 0.106. The van der Waals surface area contributed by atoms with Gasteiger partial charge in [-0.1, -0.05) is 243 Å². The molecule has 1 aliphatic rings. The fraction of sp³-hybridized carbons (Fsp3) is 0.127. The first kappa shape index (κ1) is 46.2. The second-order valence-corrected chi connectivity index (χ2v) is 21.5. The third-order valence-electron chi connectivity index (χ3n) is 11.1. The van der Waals surface area contributed by atoms with Gasteiger partial charge >= 0.3 is 35.0 Å². The van der Waals surface area contributed by atoms with Gasteiger partial charge in [0.1, 0.15) is 12.2 Å². The quantitative estimate of drug-likeness (QED) is 0.0803. The molecule has 4 nitrogen and oxygen atoms in total. The molecule has 9 rings (SSSR count). The van der Waals surface area contributed by atoms with Gasteiger partial charge < -0.3 is 18.5 Å². The van der Waals surface area contributed by atoms with E-state index in [2.05, 4.69) is 243 Å². The summed E-state index contributed by atoms with van der Waals surface area (Å²) >= 11 is -0.106. The molecule has 1 fully saturated rings. The predicted octanol–water partition coefficient (Wildman–Crippen LogP) is 12.9. The third-order valence-corrected chi connectivity index (χ3v) is 15.2. The molecule has 1 saturated heterocycles. The van der Waals surface area contributed by atoms with Crippen LogP contribution in [0.15, 0.2) is 243 Å². The Balaban J connectivity index is 0.00000182. The van der Waals surface area contributed by atoms with Crippen molar-refractivity contribution in [2.45, 2.75) is 43.0 Å². The van der Waals surface area contributed by atoms with Crippen LogP contribution >= 0.6 is 35.4 Å². The summed E-state index contributed by atoms with van der Waals surface area (Å²) in [6.07, 6.45) is -1.57. The van der Waals surface area contributed by atoms with Gasteiger partial charge in [0.05, 0.1) is 16.3 Å². The Bertz CT molecular complexity index is 2260. The molecule has 0 unspecified atom stereocenters. The van der Waals surface area contributed by atoms with Crippen LogP contribution in [0, 0.1) is 0 Å². The van der Waals surface area contributed by atoms with Gasteiger partial charge in [0.15, 0.2) is 17.0 Å². The maximum absolute atomic E-state index is 8.14. The number of rotatable bonds is 14. The van der Waals surface area contributed by atoms with Crippen molar-refractivity contribution < 1.29 is 34.5 Å². The summed E-state index contributed by atoms with van der Waals surface area (Å²) < 4.78 is 31.4. The average molecular weight is 1010 g/mol. The number of halogens is 2. The second kappa shape index (κ2) is 21.8. The van der Waals surface area contributed by atoms with Crippen molar-refractivity contribution >= 4 is 56.6 Å². The van der Waals surface area contributed by atoms with E-state index in [4.69, 9.17) is 37.6 Å². The summed E-state index contributed by atoms with van der Waals surface area (Å²) in [5, 5.41) is 4.33. The SMILES string of the molecule is CC1(C)O[C@@H](C(OP(c2ccccc2)c2ccccc2)(c2ccccc2)c2ccccc2)[C@H](C(OP(c2ccccc2)c2ccccc2)(c2ccccc2)c2ccccc2)O1.[Cl][Pd][Cl]. The molecule has 0 radical (unpaired) electrons. The van der Waals surface area contributed by atoms with Crippen molar-refractivity contribution in [3.63, 3.8) is 0 Å². The van der Waals surface area contributed by atoms with Crippen LogP contribution in [-0.4, -0.2) is 18.0 Å². The number of hydrogen-bond acceptors (Lipinski definition) is 4. The average Bonchev–Trinajstić information content (AvgIpc) is 3.70. The Labute approximate surface area is 396 Å². The number of benzene rings is 8. The molecule has 9 heteroatoms. The van der Waals surface area contributed by atoms with E-state index in [0.717, 1.165) is 43.5 Å². The fourth-order valence-electron chi connectivity index (χ4n) is 8.45. The van der Waals surface area contributed by atoms with E-state index in [-0.39, 0.29) is 15.9 Å². The molecule has 2 atom stereocenters. The summed E-state index contributed by atoms with van der Waals surface area (Å²) in [7, 11) is 6.71. The zero-order valence-electron chi connectivity index (χ0n) is 35.3. The number of hydrogen-bond donors (Lipinski definition) is 0. The van der Waals surface area contributed by atoms with E-state index in [9.17, 15) is 0 Å². The van der Waals surface area contributed by atoms with E-state index in [0.29, 0.717) is 0 Å². The van der Waals surface area contributed by atoms with Crippen molar-refractivity contribution in [1.82, 2.24) is 0 Å². The maximum atomic E-state index is 8.14. The van der Waals surface area contributed by atoms with Crippen LogP contribution in [0.4, 0.5) is 0 Å². The monoisotopic (exact) mass is 1010 g/mol. The summed E-state index contributed by atoms with van der Waals surface area (Å²) in [5.74, 6) is -1.07. The topological polar surface area (TPSA) is 36.9 Å². The summed E-state index contributed by atoms with van der Waals surface area (Å²) in [6, 6.07) is 84.5. The molecule has 326 valence electrons. The Morgan fingerprint density at radius 3 is 0.766 bits per heavy atom. The Morgan fingerprint density at radius 2 is 0.562 bits per heavy atom. The van der Waals surface area contributed by atoms with E-state index in [1.165, 1.54) is 0 Å². The van der Waals surface area contributed by atoms with E-state index < -0.39 is 45.5 Å². The minimum atomic E-state index is -1.46. The number of ether oxygens (including phenoxy) is 2. The Kier molecular flexibility index (Phi) is 15.7. The molecule has 0 bridgehead atoms. The van der Waals surface area contributed by atoms with Crippen molar-refractivity contribution in [2.24, 2.45) is 0 Å². The fourth-order valence-corrected chi connectivity index (χ4v) is 12.4. The van der Waals surface area contributed by atoms with Gasteiger partial charge in [-0.05, 0) is 36.1 Å². The Morgan fingerprint density at radius 1 is 0.375 bits per heavy atom. The van der Waals surface area contributed by atoms with Crippen molar-refractivity contribution in [1.29, 1.82) is 0 Å². The molecule has 0 amide bonds. The van der Waals surface area contributed by atoms with Gasteiger partial charge in [-0.15, -0.1) is 0 Å². The molecule has 8 aromatic rings. The van der Waals surface area contributed by atoms with Crippen LogP contribution in [0.2, 0.25) is 0 Å². The first-order valence-corrected chi connectivity index (χ1v) is 27.5. The molecule has 8 aromatic carbocycles. The summed E-state index contributed by atoms with van der Waals surface area (Å²) in [6.45, 7) is 4.02. The van der Waals surface area contributed by atoms with Crippen molar-refractivity contribution in [3.05, 3.63) is 265 Å². The van der Waals surface area contributed by atoms with Gasteiger partial charge in [0.2, 0.25) is 0 Å². The first-order chi connectivity index (χ1) is 31.4. The van der Waals surface area contributed by atoms with E-state index in [1.54, 1.807) is 0 Å². The zero-order valence-corrected chi connectivity index (χ0v) is 40.2. The normalized spacial score (nSPS) is 16.0. The zero-order chi connectivity index (χ0) is 44.2. The second-order valence-electron chi connectivity index (χ2n) is 15.6. The third kappa shape index (κ3) is 10.1. The van der Waals surface area contributed by atoms with Gasteiger partial charge in [-0.2, -0.15) is 0 Å². The van der Waals surface area contributed by atoms with Gasteiger partial charge in [0, 0.05) is 21.2 Å². The molecule has 0 aromatic heterocycles. The van der Waals surface area contributed by atoms with Crippen LogP contribution < -0.4 is 21.2 Å². The summed E-state index contributed by atoms with van der Waals surface area (Å²) in [5.41, 5.74) is 1.28. The molecule has 1 aliphatic heterocycles. The molecular formula is C55H48Cl2O4P2Pd. The van der Waals surface area contributed by atoms with Crippen LogP contribution in [0.25, 0.3) is 0 Å². The van der Waals surface area contributed by atoms with Crippen molar-refractivity contribution in [3.8, 4) is 0 Å². The van der Waals surface area contributed by atoms with E-state index >= 15 is 0 Å². The summed E-state index contributed by atoms with van der Waals surface area (Å²) in [4.78, 5) is 0. The van der Waals surface area contributed by atoms with Gasteiger partial charge in [-0.3, -0.25) is 0 Å².